The molecule has 148 valence electrons. The molecule has 1 saturated carbocycles. The normalized spacial score (nSPS) is 23.2. The number of halogens is 1. The third-order valence-corrected chi connectivity index (χ3v) is 4.82. The van der Waals surface area contributed by atoms with E-state index in [4.69, 9.17) is 4.74 Å². The molecule has 1 aliphatic carbocycles. The SMILES string of the molecule is CN=C(NCCCC(=O)NC1CC1)N1CC(C)OC(c2ccc(F)cc2)C1. The van der Waals surface area contributed by atoms with Crippen molar-refractivity contribution in [3.8, 4) is 0 Å². The van der Waals surface area contributed by atoms with Gasteiger partial charge in [0.05, 0.1) is 12.6 Å². The molecule has 1 amide bonds. The largest absolute Gasteiger partial charge is 0.367 e. The standard InChI is InChI=1S/C20H29FN4O2/c1-14-12-25(13-18(27-14)15-5-7-16(21)8-6-15)20(22-2)23-11-3-4-19(26)24-17-9-10-17/h5-8,14,17-18H,3-4,9-13H2,1-2H3,(H,22,23)(H,24,26). The predicted octanol–water partition coefficient (Wildman–Crippen LogP) is 2.22. The van der Waals surface area contributed by atoms with E-state index in [9.17, 15) is 9.18 Å². The zero-order chi connectivity index (χ0) is 19.2. The highest BCUT2D eigenvalue weighted by Gasteiger charge is 2.28. The number of benzene rings is 1. The van der Waals surface area contributed by atoms with Crippen molar-refractivity contribution >= 4 is 11.9 Å². The van der Waals surface area contributed by atoms with Crippen molar-refractivity contribution in [1.82, 2.24) is 15.5 Å². The van der Waals surface area contributed by atoms with Crippen LogP contribution in [0.1, 0.15) is 44.3 Å². The number of ether oxygens (including phenoxy) is 1. The van der Waals surface area contributed by atoms with Crippen molar-refractivity contribution in [2.45, 2.75) is 50.9 Å². The second-order valence-corrected chi connectivity index (χ2v) is 7.31. The molecule has 2 atom stereocenters. The van der Waals surface area contributed by atoms with Crippen molar-refractivity contribution < 1.29 is 13.9 Å². The Bertz CT molecular complexity index is 660. The van der Waals surface area contributed by atoms with E-state index in [2.05, 4.69) is 20.5 Å². The van der Waals surface area contributed by atoms with E-state index in [1.165, 1.54) is 12.1 Å². The summed E-state index contributed by atoms with van der Waals surface area (Å²) in [5.41, 5.74) is 0.958. The molecule has 6 nitrogen and oxygen atoms in total. The number of carbonyl (C=O) groups is 1. The van der Waals surface area contributed by atoms with Crippen molar-refractivity contribution in [1.29, 1.82) is 0 Å². The zero-order valence-corrected chi connectivity index (χ0v) is 16.1. The van der Waals surface area contributed by atoms with E-state index >= 15 is 0 Å². The third-order valence-electron chi connectivity index (χ3n) is 4.82. The maximum absolute atomic E-state index is 13.2. The van der Waals surface area contributed by atoms with Crippen molar-refractivity contribution in [3.63, 3.8) is 0 Å². The molecule has 3 rings (SSSR count). The quantitative estimate of drug-likeness (QED) is 0.454. The van der Waals surface area contributed by atoms with Gasteiger partial charge in [-0.3, -0.25) is 9.79 Å². The maximum Gasteiger partial charge on any atom is 0.220 e. The van der Waals surface area contributed by atoms with Crippen molar-refractivity contribution in [3.05, 3.63) is 35.6 Å². The fourth-order valence-electron chi connectivity index (χ4n) is 3.29. The highest BCUT2D eigenvalue weighted by molar-refractivity contribution is 5.80. The Morgan fingerprint density at radius 1 is 1.30 bits per heavy atom. The lowest BCUT2D eigenvalue weighted by Gasteiger charge is -2.38. The van der Waals surface area contributed by atoms with Gasteiger partial charge in [0, 0.05) is 32.6 Å². The molecule has 1 aromatic carbocycles. The van der Waals surface area contributed by atoms with Gasteiger partial charge in [-0.25, -0.2) is 4.39 Å². The van der Waals surface area contributed by atoms with Gasteiger partial charge in [-0.1, -0.05) is 12.1 Å². The van der Waals surface area contributed by atoms with Gasteiger partial charge in [0.25, 0.3) is 0 Å². The number of carbonyl (C=O) groups excluding carboxylic acids is 1. The Morgan fingerprint density at radius 3 is 2.70 bits per heavy atom. The van der Waals surface area contributed by atoms with Gasteiger partial charge >= 0.3 is 0 Å². The highest BCUT2D eigenvalue weighted by Crippen LogP contribution is 2.25. The first-order valence-electron chi connectivity index (χ1n) is 9.71. The van der Waals surface area contributed by atoms with Gasteiger partial charge < -0.3 is 20.3 Å². The smallest absolute Gasteiger partial charge is 0.220 e. The Morgan fingerprint density at radius 2 is 2.04 bits per heavy atom. The van der Waals surface area contributed by atoms with E-state index in [1.807, 2.05) is 6.92 Å². The molecule has 1 heterocycles. The summed E-state index contributed by atoms with van der Waals surface area (Å²) in [4.78, 5) is 18.3. The van der Waals surface area contributed by atoms with E-state index in [0.29, 0.717) is 25.6 Å². The summed E-state index contributed by atoms with van der Waals surface area (Å²) in [5.74, 6) is 0.688. The molecular weight excluding hydrogens is 347 g/mol. The van der Waals surface area contributed by atoms with Crippen LogP contribution < -0.4 is 10.6 Å². The van der Waals surface area contributed by atoms with Gasteiger partial charge in [0.2, 0.25) is 5.91 Å². The molecule has 27 heavy (non-hydrogen) atoms. The minimum atomic E-state index is -0.248. The molecule has 2 N–H and O–H groups in total. The summed E-state index contributed by atoms with van der Waals surface area (Å²) in [6.07, 6.45) is 3.42. The van der Waals surface area contributed by atoms with Crippen LogP contribution in [0.5, 0.6) is 0 Å². The Balaban J connectivity index is 1.49. The molecule has 2 unspecified atom stereocenters. The Labute approximate surface area is 160 Å². The number of aliphatic imine (C=N–C) groups is 1. The van der Waals surface area contributed by atoms with Gasteiger partial charge in [0.15, 0.2) is 5.96 Å². The lowest BCUT2D eigenvalue weighted by atomic mass is 10.1. The Hall–Kier alpha value is -2.15. The molecule has 0 aromatic heterocycles. The molecule has 0 radical (unpaired) electrons. The lowest BCUT2D eigenvalue weighted by molar-refractivity contribution is -0.121. The minimum absolute atomic E-state index is 0.0386. The van der Waals surface area contributed by atoms with Crippen molar-refractivity contribution in [2.75, 3.05) is 26.7 Å². The van der Waals surface area contributed by atoms with Gasteiger partial charge in [-0.05, 0) is 43.9 Å². The topological polar surface area (TPSA) is 66.0 Å². The minimum Gasteiger partial charge on any atom is -0.367 e. The Kier molecular flexibility index (Phi) is 6.66. The van der Waals surface area contributed by atoms with E-state index in [0.717, 1.165) is 37.3 Å². The van der Waals surface area contributed by atoms with Gasteiger partial charge in [0.1, 0.15) is 11.9 Å². The monoisotopic (exact) mass is 376 g/mol. The predicted molar refractivity (Wildman–Crippen MR) is 103 cm³/mol. The second-order valence-electron chi connectivity index (χ2n) is 7.31. The first-order valence-corrected chi connectivity index (χ1v) is 9.71. The molecular formula is C20H29FN4O2. The molecule has 1 saturated heterocycles. The summed E-state index contributed by atoms with van der Waals surface area (Å²) in [5, 5.41) is 6.35. The summed E-state index contributed by atoms with van der Waals surface area (Å²) >= 11 is 0. The number of hydrogen-bond acceptors (Lipinski definition) is 3. The van der Waals surface area contributed by atoms with Crippen LogP contribution in [0.15, 0.2) is 29.3 Å². The molecule has 2 fully saturated rings. The van der Waals surface area contributed by atoms with Crippen LogP contribution in [0.4, 0.5) is 4.39 Å². The van der Waals surface area contributed by atoms with Gasteiger partial charge in [-0.15, -0.1) is 0 Å². The van der Waals surface area contributed by atoms with Gasteiger partial charge in [-0.2, -0.15) is 0 Å². The van der Waals surface area contributed by atoms with E-state index in [-0.39, 0.29) is 23.9 Å². The number of nitrogens with one attached hydrogen (secondary N) is 2. The van der Waals surface area contributed by atoms with Crippen LogP contribution in [0.3, 0.4) is 0 Å². The molecule has 7 heteroatoms. The number of guanidine groups is 1. The number of nitrogens with zero attached hydrogens (tertiary/aromatic N) is 2. The van der Waals surface area contributed by atoms with Crippen LogP contribution in [-0.2, 0) is 9.53 Å². The van der Waals surface area contributed by atoms with Crippen LogP contribution in [0.25, 0.3) is 0 Å². The summed E-state index contributed by atoms with van der Waals surface area (Å²) in [6, 6.07) is 6.87. The molecule has 0 spiro atoms. The molecule has 1 aromatic rings. The number of hydrogen-bond donors (Lipinski definition) is 2. The number of amides is 1. The molecule has 0 bridgehead atoms. The fourth-order valence-corrected chi connectivity index (χ4v) is 3.29. The molecule has 2 aliphatic rings. The first kappa shape index (κ1) is 19.6. The maximum atomic E-state index is 13.2. The second kappa shape index (κ2) is 9.17. The summed E-state index contributed by atoms with van der Waals surface area (Å²) in [6.45, 7) is 4.10. The number of rotatable bonds is 6. The lowest BCUT2D eigenvalue weighted by Crippen LogP contribution is -2.50. The fraction of sp³-hybridized carbons (Fsp3) is 0.600. The first-order chi connectivity index (χ1) is 13.0. The van der Waals surface area contributed by atoms with Crippen LogP contribution in [0, 0.1) is 5.82 Å². The van der Waals surface area contributed by atoms with Crippen LogP contribution >= 0.6 is 0 Å². The van der Waals surface area contributed by atoms with E-state index < -0.39 is 0 Å². The summed E-state index contributed by atoms with van der Waals surface area (Å²) in [7, 11) is 1.76. The zero-order valence-electron chi connectivity index (χ0n) is 16.1. The highest BCUT2D eigenvalue weighted by atomic mass is 19.1. The third kappa shape index (κ3) is 5.92. The van der Waals surface area contributed by atoms with E-state index in [1.54, 1.807) is 19.2 Å². The average molecular weight is 376 g/mol. The average Bonchev–Trinajstić information content (AvgIpc) is 3.45. The number of morpholine rings is 1. The van der Waals surface area contributed by atoms with Crippen LogP contribution in [-0.4, -0.2) is 55.6 Å². The summed E-state index contributed by atoms with van der Waals surface area (Å²) < 4.78 is 19.2. The van der Waals surface area contributed by atoms with Crippen molar-refractivity contribution in [2.24, 2.45) is 4.99 Å². The molecule has 1 aliphatic heterocycles. The van der Waals surface area contributed by atoms with Crippen LogP contribution in [0.2, 0.25) is 0 Å².